The molecule has 1 aliphatic heterocycles. The Hall–Kier alpha value is -2.05. The average Bonchev–Trinajstić information content (AvgIpc) is 3.08. The Morgan fingerprint density at radius 2 is 1.96 bits per heavy atom. The number of aryl methyl sites for hydroxylation is 1. The fourth-order valence-corrected chi connectivity index (χ4v) is 3.50. The molecule has 1 aliphatic rings. The summed E-state index contributed by atoms with van der Waals surface area (Å²) < 4.78 is 0. The Bertz CT molecular complexity index is 690. The van der Waals surface area contributed by atoms with E-state index in [-0.39, 0.29) is 17.6 Å². The average molecular weight is 343 g/mol. The lowest BCUT2D eigenvalue weighted by Crippen LogP contribution is -2.40. The second kappa shape index (κ2) is 7.68. The number of amides is 1. The number of anilines is 1. The number of likely N-dealkylation sites (tertiary alicyclic amines) is 1. The molecule has 0 radical (unpaired) electrons. The maximum absolute atomic E-state index is 12.5. The van der Waals surface area contributed by atoms with E-state index in [1.54, 1.807) is 6.20 Å². The number of carbonyl (C=O) groups excluding carboxylic acids is 2. The molecule has 24 heavy (non-hydrogen) atoms. The molecule has 0 saturated carbocycles. The van der Waals surface area contributed by atoms with Crippen molar-refractivity contribution < 1.29 is 9.59 Å². The normalized spacial score (nSPS) is 16.0. The van der Waals surface area contributed by atoms with E-state index >= 15 is 0 Å². The van der Waals surface area contributed by atoms with Crippen LogP contribution >= 0.6 is 11.3 Å². The van der Waals surface area contributed by atoms with E-state index in [4.69, 9.17) is 0 Å². The smallest absolute Gasteiger partial charge is 0.240 e. The summed E-state index contributed by atoms with van der Waals surface area (Å²) in [4.78, 5) is 30.7. The third-order valence-electron chi connectivity index (χ3n) is 4.34. The molecule has 1 saturated heterocycles. The SMILES string of the molecule is Cc1ccc(C(=O)C2CCN(CC(=O)Nc3nccs3)CC2)cc1. The number of ketones is 1. The van der Waals surface area contributed by atoms with Crippen molar-refractivity contribution in [3.05, 3.63) is 47.0 Å². The van der Waals surface area contributed by atoms with E-state index in [0.717, 1.165) is 37.1 Å². The molecule has 1 aromatic heterocycles. The van der Waals surface area contributed by atoms with Crippen LogP contribution in [-0.2, 0) is 4.79 Å². The van der Waals surface area contributed by atoms with Gasteiger partial charge in [0.2, 0.25) is 5.91 Å². The van der Waals surface area contributed by atoms with Crippen molar-refractivity contribution >= 4 is 28.2 Å². The number of nitrogens with one attached hydrogen (secondary N) is 1. The van der Waals surface area contributed by atoms with Crippen molar-refractivity contribution in [2.75, 3.05) is 25.0 Å². The summed E-state index contributed by atoms with van der Waals surface area (Å²) in [5.41, 5.74) is 1.95. The maximum Gasteiger partial charge on any atom is 0.240 e. The van der Waals surface area contributed by atoms with E-state index in [1.165, 1.54) is 11.3 Å². The molecule has 1 N–H and O–H groups in total. The Morgan fingerprint density at radius 1 is 1.25 bits per heavy atom. The van der Waals surface area contributed by atoms with Crippen LogP contribution < -0.4 is 5.32 Å². The number of carbonyl (C=O) groups is 2. The fourth-order valence-electron chi connectivity index (χ4n) is 2.95. The number of nitrogens with zero attached hydrogens (tertiary/aromatic N) is 2. The van der Waals surface area contributed by atoms with Crippen molar-refractivity contribution in [1.82, 2.24) is 9.88 Å². The number of hydrogen-bond acceptors (Lipinski definition) is 5. The maximum atomic E-state index is 12.5. The van der Waals surface area contributed by atoms with Gasteiger partial charge in [0.25, 0.3) is 0 Å². The van der Waals surface area contributed by atoms with Gasteiger partial charge in [-0.15, -0.1) is 11.3 Å². The quantitative estimate of drug-likeness (QED) is 0.848. The van der Waals surface area contributed by atoms with Crippen molar-refractivity contribution in [3.8, 4) is 0 Å². The predicted molar refractivity (Wildman–Crippen MR) is 95.4 cm³/mol. The molecule has 6 heteroatoms. The Morgan fingerprint density at radius 3 is 2.58 bits per heavy atom. The van der Waals surface area contributed by atoms with E-state index in [1.807, 2.05) is 36.6 Å². The molecule has 2 aromatic rings. The fraction of sp³-hybridized carbons (Fsp3) is 0.389. The minimum absolute atomic E-state index is 0.0479. The van der Waals surface area contributed by atoms with Crippen molar-refractivity contribution in [2.24, 2.45) is 5.92 Å². The summed E-state index contributed by atoms with van der Waals surface area (Å²) >= 11 is 1.41. The van der Waals surface area contributed by atoms with E-state index < -0.39 is 0 Å². The Balaban J connectivity index is 1.47. The van der Waals surface area contributed by atoms with Crippen LogP contribution in [0.3, 0.4) is 0 Å². The molecule has 126 valence electrons. The number of Topliss-reactive ketones (excluding diaryl/α,β-unsaturated/α-hetero) is 1. The van der Waals surface area contributed by atoms with Gasteiger partial charge in [0.15, 0.2) is 10.9 Å². The molecule has 1 fully saturated rings. The number of aromatic nitrogens is 1. The number of benzene rings is 1. The summed E-state index contributed by atoms with van der Waals surface area (Å²) in [5.74, 6) is 0.237. The van der Waals surface area contributed by atoms with Gasteiger partial charge in [-0.05, 0) is 32.9 Å². The van der Waals surface area contributed by atoms with Gasteiger partial charge in [-0.25, -0.2) is 4.98 Å². The molecule has 3 rings (SSSR count). The van der Waals surface area contributed by atoms with Crippen molar-refractivity contribution in [2.45, 2.75) is 19.8 Å². The predicted octanol–water partition coefficient (Wildman–Crippen LogP) is 2.98. The zero-order valence-electron chi connectivity index (χ0n) is 13.7. The largest absolute Gasteiger partial charge is 0.301 e. The standard InChI is InChI=1S/C18H21N3O2S/c1-13-2-4-14(5-3-13)17(23)15-6-9-21(10-7-15)12-16(22)20-18-19-8-11-24-18/h2-5,8,11,15H,6-7,9-10,12H2,1H3,(H,19,20,22). The molecular weight excluding hydrogens is 322 g/mol. The van der Waals surface area contributed by atoms with Crippen LogP contribution in [0.1, 0.15) is 28.8 Å². The second-order valence-electron chi connectivity index (χ2n) is 6.17. The van der Waals surface area contributed by atoms with Gasteiger partial charge in [0.05, 0.1) is 6.54 Å². The van der Waals surface area contributed by atoms with Crippen LogP contribution in [0, 0.1) is 12.8 Å². The molecule has 0 aliphatic carbocycles. The zero-order valence-corrected chi connectivity index (χ0v) is 14.5. The van der Waals surface area contributed by atoms with Gasteiger partial charge in [-0.3, -0.25) is 14.5 Å². The van der Waals surface area contributed by atoms with Gasteiger partial charge < -0.3 is 5.32 Å². The zero-order chi connectivity index (χ0) is 16.9. The molecule has 1 amide bonds. The van der Waals surface area contributed by atoms with Crippen LogP contribution in [0.15, 0.2) is 35.8 Å². The highest BCUT2D eigenvalue weighted by atomic mass is 32.1. The number of thiazole rings is 1. The number of hydrogen-bond donors (Lipinski definition) is 1. The van der Waals surface area contributed by atoms with Crippen LogP contribution in [0.5, 0.6) is 0 Å². The minimum atomic E-state index is -0.0479. The summed E-state index contributed by atoms with van der Waals surface area (Å²) in [6, 6.07) is 7.77. The van der Waals surface area contributed by atoms with Crippen LogP contribution in [0.4, 0.5) is 5.13 Å². The van der Waals surface area contributed by atoms with Crippen LogP contribution in [0.25, 0.3) is 0 Å². The lowest BCUT2D eigenvalue weighted by atomic mass is 9.88. The highest BCUT2D eigenvalue weighted by molar-refractivity contribution is 7.13. The lowest BCUT2D eigenvalue weighted by molar-refractivity contribution is -0.117. The summed E-state index contributed by atoms with van der Waals surface area (Å²) in [6.45, 7) is 3.91. The molecule has 1 aromatic carbocycles. The van der Waals surface area contributed by atoms with E-state index in [9.17, 15) is 9.59 Å². The minimum Gasteiger partial charge on any atom is -0.301 e. The highest BCUT2D eigenvalue weighted by Crippen LogP contribution is 2.22. The third kappa shape index (κ3) is 4.27. The summed E-state index contributed by atoms with van der Waals surface area (Å²) in [7, 11) is 0. The van der Waals surface area contributed by atoms with Gasteiger partial charge in [-0.2, -0.15) is 0 Å². The Labute approximate surface area is 145 Å². The molecular formula is C18H21N3O2S. The first-order valence-corrected chi connectivity index (χ1v) is 9.02. The lowest BCUT2D eigenvalue weighted by Gasteiger charge is -2.30. The van der Waals surface area contributed by atoms with Crippen molar-refractivity contribution in [3.63, 3.8) is 0 Å². The molecule has 0 atom stereocenters. The topological polar surface area (TPSA) is 62.3 Å². The molecule has 0 spiro atoms. The van der Waals surface area contributed by atoms with E-state index in [0.29, 0.717) is 11.7 Å². The number of rotatable bonds is 5. The monoisotopic (exact) mass is 343 g/mol. The first kappa shape index (κ1) is 16.8. The first-order chi connectivity index (χ1) is 11.6. The van der Waals surface area contributed by atoms with Gasteiger partial charge in [-0.1, -0.05) is 29.8 Å². The molecule has 0 unspecified atom stereocenters. The molecule has 5 nitrogen and oxygen atoms in total. The highest BCUT2D eigenvalue weighted by Gasteiger charge is 2.26. The first-order valence-electron chi connectivity index (χ1n) is 8.14. The van der Waals surface area contributed by atoms with Crippen LogP contribution in [0.2, 0.25) is 0 Å². The van der Waals surface area contributed by atoms with Crippen LogP contribution in [-0.4, -0.2) is 41.2 Å². The molecule has 0 bridgehead atoms. The van der Waals surface area contributed by atoms with Crippen molar-refractivity contribution in [1.29, 1.82) is 0 Å². The van der Waals surface area contributed by atoms with Gasteiger partial charge in [0, 0.05) is 23.1 Å². The molecule has 2 heterocycles. The van der Waals surface area contributed by atoms with Gasteiger partial charge >= 0.3 is 0 Å². The Kier molecular flexibility index (Phi) is 5.37. The number of piperidine rings is 1. The van der Waals surface area contributed by atoms with Gasteiger partial charge in [0.1, 0.15) is 0 Å². The summed E-state index contributed by atoms with van der Waals surface area (Å²) in [6.07, 6.45) is 3.27. The third-order valence-corrected chi connectivity index (χ3v) is 5.03. The summed E-state index contributed by atoms with van der Waals surface area (Å²) in [5, 5.41) is 5.25. The van der Waals surface area contributed by atoms with E-state index in [2.05, 4.69) is 15.2 Å². The second-order valence-corrected chi connectivity index (χ2v) is 7.06.